The van der Waals surface area contributed by atoms with Crippen molar-refractivity contribution in [1.82, 2.24) is 10.8 Å². The Labute approximate surface area is 138 Å². The van der Waals surface area contributed by atoms with Crippen molar-refractivity contribution in [2.75, 3.05) is 7.05 Å². The molecule has 0 aliphatic carbocycles. The van der Waals surface area contributed by atoms with Crippen LogP contribution in [0.1, 0.15) is 23.2 Å². The van der Waals surface area contributed by atoms with Crippen molar-refractivity contribution in [1.29, 1.82) is 0 Å². The predicted molar refractivity (Wildman–Crippen MR) is 78.3 cm³/mol. The van der Waals surface area contributed by atoms with Crippen LogP contribution >= 0.6 is 0 Å². The number of hydroxylamine groups is 1. The Bertz CT molecular complexity index is 481. The molecule has 0 saturated carbocycles. The van der Waals surface area contributed by atoms with Gasteiger partial charge < -0.3 is 15.3 Å². The lowest BCUT2D eigenvalue weighted by atomic mass is 10.1. The quantitative estimate of drug-likeness (QED) is 0.459. The van der Waals surface area contributed by atoms with Crippen LogP contribution in [0.25, 0.3) is 0 Å². The number of amides is 1. The van der Waals surface area contributed by atoms with E-state index in [1.165, 1.54) is 7.05 Å². The fourth-order valence-corrected chi connectivity index (χ4v) is 1.52. The van der Waals surface area contributed by atoms with E-state index in [2.05, 4.69) is 15.6 Å². The lowest BCUT2D eigenvalue weighted by Crippen LogP contribution is -2.41. The summed E-state index contributed by atoms with van der Waals surface area (Å²) in [7, 11) is 1.42. The molecule has 21 heavy (non-hydrogen) atoms. The van der Waals surface area contributed by atoms with Gasteiger partial charge in [0.15, 0.2) is 0 Å². The summed E-state index contributed by atoms with van der Waals surface area (Å²) in [5, 5.41) is 11.4. The number of benzene rings is 1. The fourth-order valence-electron chi connectivity index (χ4n) is 1.52. The zero-order chi connectivity index (χ0) is 15.0. The third kappa shape index (κ3) is 7.07. The Kier molecular flexibility index (Phi) is 9.34. The minimum absolute atomic E-state index is 0. The van der Waals surface area contributed by atoms with E-state index in [4.69, 9.17) is 5.11 Å². The second-order valence-electron chi connectivity index (χ2n) is 3.95. The van der Waals surface area contributed by atoms with Gasteiger partial charge in [-0.05, 0) is 18.6 Å². The number of carboxylic acid groups (broad SMARTS) is 1. The second-order valence-corrected chi connectivity index (χ2v) is 3.95. The second kappa shape index (κ2) is 10.1. The highest BCUT2D eigenvalue weighted by Crippen LogP contribution is 2.03. The first-order chi connectivity index (χ1) is 9.54. The van der Waals surface area contributed by atoms with Crippen molar-refractivity contribution in [2.24, 2.45) is 0 Å². The third-order valence-electron chi connectivity index (χ3n) is 2.49. The van der Waals surface area contributed by atoms with Crippen molar-refractivity contribution in [3.8, 4) is 0 Å². The van der Waals surface area contributed by atoms with Crippen LogP contribution in [0.15, 0.2) is 30.3 Å². The Hall–Kier alpha value is -1.64. The van der Waals surface area contributed by atoms with Crippen LogP contribution in [-0.4, -0.2) is 59.1 Å². The molecule has 1 aromatic carbocycles. The summed E-state index contributed by atoms with van der Waals surface area (Å²) in [4.78, 5) is 38.5. The van der Waals surface area contributed by atoms with Gasteiger partial charge in [0, 0.05) is 19.0 Å². The standard InChI is InChI=1S/C13H16N2O5.Mg.2H/c1-14-20-11(16)8-7-10(13(18)19)15-12(17)9-5-3-2-4-6-9;;;/h2-6,10,14H,7-8H2,1H3,(H,15,17)(H,18,19);;;/t10-;;;/m0.../s1. The van der Waals surface area contributed by atoms with E-state index in [-0.39, 0.29) is 35.9 Å². The summed E-state index contributed by atoms with van der Waals surface area (Å²) in [6, 6.07) is 7.10. The van der Waals surface area contributed by atoms with Gasteiger partial charge in [0.2, 0.25) is 0 Å². The van der Waals surface area contributed by atoms with Gasteiger partial charge in [-0.2, -0.15) is 5.48 Å². The predicted octanol–water partition coefficient (Wildman–Crippen LogP) is -0.589. The number of aliphatic carboxylic acids is 1. The van der Waals surface area contributed by atoms with Crippen LogP contribution in [0, 0.1) is 0 Å². The van der Waals surface area contributed by atoms with E-state index in [1.807, 2.05) is 0 Å². The van der Waals surface area contributed by atoms with Gasteiger partial charge in [-0.15, -0.1) is 0 Å². The van der Waals surface area contributed by atoms with Crippen LogP contribution in [0.2, 0.25) is 0 Å². The Balaban J connectivity index is 0.00000400. The number of carbonyl (C=O) groups is 3. The Morgan fingerprint density at radius 2 is 1.86 bits per heavy atom. The molecular weight excluding hydrogens is 288 g/mol. The van der Waals surface area contributed by atoms with E-state index in [0.717, 1.165) is 0 Å². The van der Waals surface area contributed by atoms with Crippen molar-refractivity contribution >= 4 is 40.9 Å². The molecule has 1 atom stereocenters. The number of carbonyl (C=O) groups excluding carboxylic acids is 2. The SMILES string of the molecule is CNOC(=O)CC[C@H](NC(=O)c1ccccc1)C(=O)O.[MgH2]. The summed E-state index contributed by atoms with van der Waals surface area (Å²) in [5.41, 5.74) is 2.56. The first-order valence-electron chi connectivity index (χ1n) is 5.99. The summed E-state index contributed by atoms with van der Waals surface area (Å²) < 4.78 is 0. The molecule has 0 aromatic heterocycles. The van der Waals surface area contributed by atoms with Crippen LogP contribution in [0.3, 0.4) is 0 Å². The molecule has 0 bridgehead atoms. The molecule has 0 unspecified atom stereocenters. The van der Waals surface area contributed by atoms with E-state index in [0.29, 0.717) is 5.56 Å². The molecule has 1 amide bonds. The molecule has 7 nitrogen and oxygen atoms in total. The largest absolute Gasteiger partial charge is 0.480 e. The first-order valence-corrected chi connectivity index (χ1v) is 5.99. The van der Waals surface area contributed by atoms with E-state index in [9.17, 15) is 14.4 Å². The third-order valence-corrected chi connectivity index (χ3v) is 2.49. The molecule has 1 aromatic rings. The van der Waals surface area contributed by atoms with Crippen molar-refractivity contribution in [3.63, 3.8) is 0 Å². The zero-order valence-corrected chi connectivity index (χ0v) is 11.0. The van der Waals surface area contributed by atoms with Gasteiger partial charge in [0.05, 0.1) is 0 Å². The zero-order valence-electron chi connectivity index (χ0n) is 11.0. The molecule has 0 spiro atoms. The molecule has 3 N–H and O–H groups in total. The average Bonchev–Trinajstić information content (AvgIpc) is 2.44. The normalized spacial score (nSPS) is 10.9. The van der Waals surface area contributed by atoms with Crippen LogP contribution < -0.4 is 10.8 Å². The highest BCUT2D eigenvalue weighted by molar-refractivity contribution is 5.96. The van der Waals surface area contributed by atoms with Crippen LogP contribution in [0.5, 0.6) is 0 Å². The monoisotopic (exact) mass is 306 g/mol. The number of rotatable bonds is 7. The molecular formula is C13H18MgN2O5. The molecule has 0 heterocycles. The smallest absolute Gasteiger partial charge is 0.326 e. The highest BCUT2D eigenvalue weighted by Gasteiger charge is 2.21. The molecule has 0 fully saturated rings. The molecule has 0 radical (unpaired) electrons. The number of carboxylic acids is 1. The van der Waals surface area contributed by atoms with Gasteiger partial charge >= 0.3 is 35.0 Å². The molecule has 0 saturated heterocycles. The maximum absolute atomic E-state index is 11.8. The number of nitrogens with one attached hydrogen (secondary N) is 2. The van der Waals surface area contributed by atoms with E-state index < -0.39 is 23.9 Å². The molecule has 8 heteroatoms. The lowest BCUT2D eigenvalue weighted by Gasteiger charge is -2.14. The Morgan fingerprint density at radius 3 is 2.38 bits per heavy atom. The highest BCUT2D eigenvalue weighted by atomic mass is 24.3. The summed E-state index contributed by atoms with van der Waals surface area (Å²) in [6.07, 6.45) is -0.165. The lowest BCUT2D eigenvalue weighted by molar-refractivity contribution is -0.150. The maximum Gasteiger partial charge on any atom is 0.326 e. The van der Waals surface area contributed by atoms with Crippen molar-refractivity contribution in [2.45, 2.75) is 18.9 Å². The number of hydrogen-bond donors (Lipinski definition) is 3. The number of hydrogen-bond acceptors (Lipinski definition) is 5. The molecule has 1 rings (SSSR count). The van der Waals surface area contributed by atoms with Crippen molar-refractivity contribution < 1.29 is 24.3 Å². The average molecular weight is 307 g/mol. The summed E-state index contributed by atoms with van der Waals surface area (Å²) in [6.45, 7) is 0. The fraction of sp³-hybridized carbons (Fsp3) is 0.308. The Morgan fingerprint density at radius 1 is 1.24 bits per heavy atom. The van der Waals surface area contributed by atoms with Crippen LogP contribution in [-0.2, 0) is 14.4 Å². The maximum atomic E-state index is 11.8. The molecule has 0 aliphatic heterocycles. The van der Waals surface area contributed by atoms with Gasteiger partial charge in [-0.3, -0.25) is 9.59 Å². The van der Waals surface area contributed by atoms with Crippen LogP contribution in [0.4, 0.5) is 0 Å². The molecule has 0 aliphatic rings. The van der Waals surface area contributed by atoms with E-state index >= 15 is 0 Å². The van der Waals surface area contributed by atoms with Gasteiger partial charge in [-0.1, -0.05) is 18.2 Å². The summed E-state index contributed by atoms with van der Waals surface area (Å²) >= 11 is 0. The molecule has 112 valence electrons. The summed E-state index contributed by atoms with van der Waals surface area (Å²) in [5.74, 6) is -2.29. The first kappa shape index (κ1) is 19.4. The van der Waals surface area contributed by atoms with Crippen molar-refractivity contribution in [3.05, 3.63) is 35.9 Å². The van der Waals surface area contributed by atoms with Gasteiger partial charge in [0.1, 0.15) is 6.04 Å². The van der Waals surface area contributed by atoms with Gasteiger partial charge in [0.25, 0.3) is 5.91 Å². The topological polar surface area (TPSA) is 105 Å². The van der Waals surface area contributed by atoms with E-state index in [1.54, 1.807) is 30.3 Å². The minimum atomic E-state index is -1.20. The van der Waals surface area contributed by atoms with Gasteiger partial charge in [-0.25, -0.2) is 4.79 Å². The minimum Gasteiger partial charge on any atom is -0.480 e.